The van der Waals surface area contributed by atoms with Gasteiger partial charge in [-0.25, -0.2) is 14.6 Å². The van der Waals surface area contributed by atoms with Gasteiger partial charge in [-0.2, -0.15) is 26.3 Å². The number of hydrazine groups is 1. The first-order chi connectivity index (χ1) is 15.3. The molecule has 2 aromatic heterocycles. The van der Waals surface area contributed by atoms with Gasteiger partial charge in [-0.05, 0) is 36.8 Å². The molecule has 0 atom stereocenters. The Hall–Kier alpha value is -3.90. The van der Waals surface area contributed by atoms with E-state index < -0.39 is 35.0 Å². The number of carbonyl (C=O) groups excluding carboxylic acids is 1. The molecule has 7 nitrogen and oxygen atoms in total. The van der Waals surface area contributed by atoms with Crippen molar-refractivity contribution in [3.8, 4) is 11.4 Å². The molecular weight excluding hydrogens is 454 g/mol. The van der Waals surface area contributed by atoms with Crippen molar-refractivity contribution in [3.05, 3.63) is 65.6 Å². The van der Waals surface area contributed by atoms with E-state index in [1.165, 1.54) is 5.01 Å². The van der Waals surface area contributed by atoms with E-state index in [-0.39, 0.29) is 11.9 Å². The van der Waals surface area contributed by atoms with Crippen molar-refractivity contribution in [2.24, 2.45) is 0 Å². The van der Waals surface area contributed by atoms with Gasteiger partial charge in [0.15, 0.2) is 5.82 Å². The Morgan fingerprint density at radius 1 is 1.06 bits per heavy atom. The molecule has 13 heteroatoms. The van der Waals surface area contributed by atoms with Crippen molar-refractivity contribution in [2.45, 2.75) is 19.3 Å². The second kappa shape index (κ2) is 8.92. The van der Waals surface area contributed by atoms with Crippen molar-refractivity contribution in [1.29, 1.82) is 0 Å². The summed E-state index contributed by atoms with van der Waals surface area (Å²) in [5, 5.41) is 5.21. The second-order valence-electron chi connectivity index (χ2n) is 6.84. The van der Waals surface area contributed by atoms with E-state index in [0.717, 1.165) is 28.8 Å². The maximum absolute atomic E-state index is 13.0. The number of aryl methyl sites for hydroxylation is 1. The molecular formula is C20H16F6N6O. The van der Waals surface area contributed by atoms with Gasteiger partial charge in [0.05, 0.1) is 11.1 Å². The van der Waals surface area contributed by atoms with Crippen molar-refractivity contribution >= 4 is 17.9 Å². The average molecular weight is 470 g/mol. The Bertz CT molecular complexity index is 1150. The molecule has 174 valence electrons. The van der Waals surface area contributed by atoms with Crippen LogP contribution in [0.2, 0.25) is 0 Å². The molecule has 1 amide bonds. The van der Waals surface area contributed by atoms with Crippen molar-refractivity contribution in [3.63, 3.8) is 0 Å². The third-order valence-electron chi connectivity index (χ3n) is 4.31. The van der Waals surface area contributed by atoms with Crippen LogP contribution in [0.5, 0.6) is 0 Å². The van der Waals surface area contributed by atoms with E-state index >= 15 is 0 Å². The summed E-state index contributed by atoms with van der Waals surface area (Å²) in [6, 6.07) is 4.60. The number of pyridine rings is 1. The second-order valence-corrected chi connectivity index (χ2v) is 6.84. The first-order valence-corrected chi connectivity index (χ1v) is 9.20. The van der Waals surface area contributed by atoms with Crippen LogP contribution in [0.3, 0.4) is 0 Å². The van der Waals surface area contributed by atoms with Gasteiger partial charge in [0.25, 0.3) is 5.91 Å². The molecule has 3 rings (SSSR count). The summed E-state index contributed by atoms with van der Waals surface area (Å²) in [5.41, 5.74) is -0.0961. The Balaban J connectivity index is 1.79. The molecule has 0 unspecified atom stereocenters. The molecule has 0 aliphatic carbocycles. The Kier molecular flexibility index (Phi) is 6.42. The summed E-state index contributed by atoms with van der Waals surface area (Å²) in [6.07, 6.45) is -5.19. The van der Waals surface area contributed by atoms with E-state index in [0.29, 0.717) is 18.0 Å². The molecule has 0 saturated heterocycles. The standard InChI is InChI=1S/C20H16F6N6O/c1-12-4-3-6-27-18(12)31(2)29-16(33)5-7-32-11-28-17(30-32)13-8-14(19(21,22)23)10-15(9-13)20(24,25)26/h3-11H,1-2H3,(H,29,33). The Morgan fingerprint density at radius 3 is 2.27 bits per heavy atom. The van der Waals surface area contributed by atoms with Gasteiger partial charge >= 0.3 is 12.4 Å². The zero-order valence-electron chi connectivity index (χ0n) is 17.1. The van der Waals surface area contributed by atoms with Gasteiger partial charge in [0.2, 0.25) is 0 Å². The lowest BCUT2D eigenvalue weighted by Crippen LogP contribution is -2.39. The molecule has 1 aromatic carbocycles. The summed E-state index contributed by atoms with van der Waals surface area (Å²) >= 11 is 0. The van der Waals surface area contributed by atoms with Crippen LogP contribution in [0.4, 0.5) is 32.2 Å². The average Bonchev–Trinajstić information content (AvgIpc) is 3.20. The Morgan fingerprint density at radius 2 is 1.70 bits per heavy atom. The van der Waals surface area contributed by atoms with Crippen molar-refractivity contribution < 1.29 is 31.1 Å². The number of nitrogens with one attached hydrogen (secondary N) is 1. The topological polar surface area (TPSA) is 75.9 Å². The van der Waals surface area contributed by atoms with Gasteiger partial charge in [0, 0.05) is 31.1 Å². The van der Waals surface area contributed by atoms with Crippen LogP contribution in [-0.2, 0) is 17.1 Å². The largest absolute Gasteiger partial charge is 0.416 e. The van der Waals surface area contributed by atoms with Gasteiger partial charge < -0.3 is 0 Å². The molecule has 1 N–H and O–H groups in total. The summed E-state index contributed by atoms with van der Waals surface area (Å²) in [7, 11) is 1.57. The van der Waals surface area contributed by atoms with Crippen LogP contribution in [0, 0.1) is 6.92 Å². The van der Waals surface area contributed by atoms with E-state index in [2.05, 4.69) is 20.5 Å². The van der Waals surface area contributed by atoms with Crippen LogP contribution in [0.25, 0.3) is 17.6 Å². The van der Waals surface area contributed by atoms with E-state index in [1.807, 2.05) is 0 Å². The molecule has 0 spiro atoms. The number of alkyl halides is 6. The Labute approximate surface area is 183 Å². The molecule has 2 heterocycles. The van der Waals surface area contributed by atoms with Crippen LogP contribution in [0.1, 0.15) is 16.7 Å². The highest BCUT2D eigenvalue weighted by Crippen LogP contribution is 2.38. The molecule has 0 radical (unpaired) electrons. The molecule has 33 heavy (non-hydrogen) atoms. The number of anilines is 1. The van der Waals surface area contributed by atoms with E-state index in [4.69, 9.17) is 0 Å². The fraction of sp³-hybridized carbons (Fsp3) is 0.200. The van der Waals surface area contributed by atoms with Crippen molar-refractivity contribution in [1.82, 2.24) is 25.2 Å². The number of hydrogen-bond donors (Lipinski definition) is 1. The van der Waals surface area contributed by atoms with Gasteiger partial charge in [-0.15, -0.1) is 5.10 Å². The minimum atomic E-state index is -4.99. The van der Waals surface area contributed by atoms with Crippen molar-refractivity contribution in [2.75, 3.05) is 12.1 Å². The number of rotatable bonds is 5. The van der Waals surface area contributed by atoms with Gasteiger partial charge in [-0.1, -0.05) is 6.07 Å². The van der Waals surface area contributed by atoms with E-state index in [9.17, 15) is 31.1 Å². The molecule has 0 saturated carbocycles. The highest BCUT2D eigenvalue weighted by atomic mass is 19.4. The molecule has 0 fully saturated rings. The molecule has 0 aliphatic rings. The van der Waals surface area contributed by atoms with Crippen LogP contribution in [-0.4, -0.2) is 32.7 Å². The van der Waals surface area contributed by atoms with Gasteiger partial charge in [-0.3, -0.25) is 15.2 Å². The highest BCUT2D eigenvalue weighted by molar-refractivity contribution is 5.91. The predicted octanol–water partition coefficient (Wildman–Crippen LogP) is 4.32. The monoisotopic (exact) mass is 470 g/mol. The molecule has 0 aliphatic heterocycles. The predicted molar refractivity (Wildman–Crippen MR) is 106 cm³/mol. The highest BCUT2D eigenvalue weighted by Gasteiger charge is 2.37. The molecule has 3 aromatic rings. The smallest absolute Gasteiger partial charge is 0.271 e. The van der Waals surface area contributed by atoms with Gasteiger partial charge in [0.1, 0.15) is 12.1 Å². The van der Waals surface area contributed by atoms with Crippen LogP contribution >= 0.6 is 0 Å². The third-order valence-corrected chi connectivity index (χ3v) is 4.31. The zero-order valence-corrected chi connectivity index (χ0v) is 17.1. The number of benzene rings is 1. The number of aromatic nitrogens is 4. The lowest BCUT2D eigenvalue weighted by Gasteiger charge is -2.19. The van der Waals surface area contributed by atoms with E-state index in [1.54, 1.807) is 32.3 Å². The summed E-state index contributed by atoms with van der Waals surface area (Å²) < 4.78 is 79.2. The first-order valence-electron chi connectivity index (χ1n) is 9.20. The lowest BCUT2D eigenvalue weighted by atomic mass is 10.0. The fourth-order valence-electron chi connectivity index (χ4n) is 2.79. The first kappa shape index (κ1) is 23.8. The normalized spacial score (nSPS) is 12.2. The number of carbonyl (C=O) groups is 1. The summed E-state index contributed by atoms with van der Waals surface area (Å²) in [6.45, 7) is 1.80. The van der Waals surface area contributed by atoms with Crippen LogP contribution in [0.15, 0.2) is 48.9 Å². The number of hydrogen-bond acceptors (Lipinski definition) is 5. The minimum absolute atomic E-state index is 0.0184. The number of nitrogens with zero attached hydrogens (tertiary/aromatic N) is 5. The number of amides is 1. The summed E-state index contributed by atoms with van der Waals surface area (Å²) in [4.78, 5) is 20.0. The summed E-state index contributed by atoms with van der Waals surface area (Å²) in [5.74, 6) is -0.455. The third kappa shape index (κ3) is 5.87. The maximum Gasteiger partial charge on any atom is 0.416 e. The van der Waals surface area contributed by atoms with Crippen LogP contribution < -0.4 is 10.4 Å². The lowest BCUT2D eigenvalue weighted by molar-refractivity contribution is -0.143. The quantitative estimate of drug-likeness (QED) is 0.342. The number of halogens is 6. The molecule has 0 bridgehead atoms. The SMILES string of the molecule is Cc1cccnc1N(C)NC(=O)C=Cn1cnc(-c2cc(C(F)(F)F)cc(C(F)(F)F)c2)n1. The zero-order chi connectivity index (χ0) is 24.4. The minimum Gasteiger partial charge on any atom is -0.271 e. The maximum atomic E-state index is 13.0. The fourth-order valence-corrected chi connectivity index (χ4v) is 2.79.